The molecule has 24 heavy (non-hydrogen) atoms. The molecule has 2 aromatic rings. The Hall–Kier alpha value is -2.34. The molecule has 0 saturated carbocycles. The van der Waals surface area contributed by atoms with Gasteiger partial charge in [-0.15, -0.1) is 0 Å². The molecule has 1 fully saturated rings. The van der Waals surface area contributed by atoms with Gasteiger partial charge in [0.05, 0.1) is 0 Å². The Morgan fingerprint density at radius 3 is 2.79 bits per heavy atom. The van der Waals surface area contributed by atoms with Crippen molar-refractivity contribution in [2.45, 2.75) is 25.4 Å². The van der Waals surface area contributed by atoms with Crippen LogP contribution >= 0.6 is 11.3 Å². The van der Waals surface area contributed by atoms with Crippen molar-refractivity contribution in [1.29, 1.82) is 0 Å². The highest BCUT2D eigenvalue weighted by Gasteiger charge is 2.35. The lowest BCUT2D eigenvalue weighted by molar-refractivity contribution is -0.134. The zero-order valence-corrected chi connectivity index (χ0v) is 14.5. The van der Waals surface area contributed by atoms with Crippen molar-refractivity contribution in [2.24, 2.45) is 0 Å². The third-order valence-electron chi connectivity index (χ3n) is 4.20. The minimum atomic E-state index is -0.377. The first-order valence-corrected chi connectivity index (χ1v) is 8.98. The standard InChI is InChI=1S/C18H21N3O2S/c1-20(12-14-9-11-24-13-14)17(22)16-8-5-10-21(16)18(23)19-15-6-3-2-4-7-15/h2-4,6-7,9,11,13,16H,5,8,10,12H2,1H3,(H,19,23). The molecule has 1 atom stereocenters. The highest BCUT2D eigenvalue weighted by Crippen LogP contribution is 2.21. The van der Waals surface area contributed by atoms with Gasteiger partial charge in [0.2, 0.25) is 5.91 Å². The lowest BCUT2D eigenvalue weighted by atomic mass is 10.2. The topological polar surface area (TPSA) is 52.7 Å². The number of carbonyl (C=O) groups is 2. The number of urea groups is 1. The van der Waals surface area contributed by atoms with Gasteiger partial charge in [-0.2, -0.15) is 11.3 Å². The third kappa shape index (κ3) is 3.76. The lowest BCUT2D eigenvalue weighted by Crippen LogP contribution is -2.47. The summed E-state index contributed by atoms with van der Waals surface area (Å²) in [7, 11) is 1.80. The summed E-state index contributed by atoms with van der Waals surface area (Å²) in [6.45, 7) is 1.19. The molecule has 1 aromatic heterocycles. The summed E-state index contributed by atoms with van der Waals surface area (Å²) in [5, 5.41) is 6.91. The van der Waals surface area contributed by atoms with Crippen LogP contribution in [0.1, 0.15) is 18.4 Å². The molecule has 1 aliphatic rings. The number of hydrogen-bond acceptors (Lipinski definition) is 3. The van der Waals surface area contributed by atoms with Crippen LogP contribution in [-0.4, -0.2) is 41.4 Å². The molecule has 1 aromatic carbocycles. The first kappa shape index (κ1) is 16.5. The van der Waals surface area contributed by atoms with Crippen LogP contribution in [0.15, 0.2) is 47.2 Å². The molecule has 0 spiro atoms. The van der Waals surface area contributed by atoms with Crippen LogP contribution in [0.2, 0.25) is 0 Å². The highest BCUT2D eigenvalue weighted by molar-refractivity contribution is 7.07. The summed E-state index contributed by atoms with van der Waals surface area (Å²) in [6, 6.07) is 10.8. The second-order valence-corrected chi connectivity index (χ2v) is 6.75. The fourth-order valence-electron chi connectivity index (χ4n) is 2.97. The molecule has 6 heteroatoms. The van der Waals surface area contributed by atoms with E-state index < -0.39 is 0 Å². The molecule has 0 aliphatic carbocycles. The van der Waals surface area contributed by atoms with Gasteiger partial charge >= 0.3 is 6.03 Å². The Balaban J connectivity index is 1.63. The van der Waals surface area contributed by atoms with Crippen LogP contribution < -0.4 is 5.32 Å². The van der Waals surface area contributed by atoms with Crippen LogP contribution in [0.3, 0.4) is 0 Å². The monoisotopic (exact) mass is 343 g/mol. The van der Waals surface area contributed by atoms with Crippen molar-refractivity contribution in [3.63, 3.8) is 0 Å². The summed E-state index contributed by atoms with van der Waals surface area (Å²) in [5.74, 6) is 0.00177. The predicted octanol–water partition coefficient (Wildman–Crippen LogP) is 3.40. The van der Waals surface area contributed by atoms with Crippen LogP contribution in [-0.2, 0) is 11.3 Å². The molecule has 1 aliphatic heterocycles. The fraction of sp³-hybridized carbons (Fsp3) is 0.333. The van der Waals surface area contributed by atoms with E-state index in [4.69, 9.17) is 0 Å². The first-order chi connectivity index (χ1) is 11.6. The number of nitrogens with zero attached hydrogens (tertiary/aromatic N) is 2. The van der Waals surface area contributed by atoms with E-state index in [0.29, 0.717) is 13.1 Å². The minimum absolute atomic E-state index is 0.00177. The molecule has 1 N–H and O–H groups in total. The number of amides is 3. The number of benzene rings is 1. The van der Waals surface area contributed by atoms with E-state index in [-0.39, 0.29) is 18.0 Å². The van der Waals surface area contributed by atoms with E-state index in [1.165, 1.54) is 0 Å². The molecule has 1 saturated heterocycles. The average Bonchev–Trinajstić information content (AvgIpc) is 3.26. The number of hydrogen-bond donors (Lipinski definition) is 1. The van der Waals surface area contributed by atoms with Gasteiger partial charge in [0.1, 0.15) is 6.04 Å². The Morgan fingerprint density at radius 2 is 2.08 bits per heavy atom. The molecule has 2 heterocycles. The molecule has 0 radical (unpaired) electrons. The van der Waals surface area contributed by atoms with Crippen molar-refractivity contribution in [3.05, 3.63) is 52.7 Å². The molecule has 5 nitrogen and oxygen atoms in total. The van der Waals surface area contributed by atoms with Crippen LogP contribution in [0, 0.1) is 0 Å². The van der Waals surface area contributed by atoms with E-state index >= 15 is 0 Å². The van der Waals surface area contributed by atoms with Crippen molar-refractivity contribution in [3.8, 4) is 0 Å². The Morgan fingerprint density at radius 1 is 1.29 bits per heavy atom. The van der Waals surface area contributed by atoms with E-state index in [1.54, 1.807) is 28.2 Å². The van der Waals surface area contributed by atoms with Crippen molar-refractivity contribution in [1.82, 2.24) is 9.80 Å². The van der Waals surface area contributed by atoms with Gasteiger partial charge in [0, 0.05) is 25.8 Å². The summed E-state index contributed by atoms with van der Waals surface area (Å²) < 4.78 is 0. The van der Waals surface area contributed by atoms with Crippen molar-refractivity contribution in [2.75, 3.05) is 18.9 Å². The van der Waals surface area contributed by atoms with Crippen molar-refractivity contribution >= 4 is 29.0 Å². The van der Waals surface area contributed by atoms with Gasteiger partial charge in [0.15, 0.2) is 0 Å². The largest absolute Gasteiger partial charge is 0.340 e. The number of carbonyl (C=O) groups excluding carboxylic acids is 2. The van der Waals surface area contributed by atoms with Gasteiger partial charge in [-0.1, -0.05) is 18.2 Å². The number of likely N-dealkylation sites (N-methyl/N-ethyl adjacent to an activating group) is 1. The smallest absolute Gasteiger partial charge is 0.322 e. The maximum atomic E-state index is 12.7. The van der Waals surface area contributed by atoms with Gasteiger partial charge < -0.3 is 15.1 Å². The molecule has 1 unspecified atom stereocenters. The normalized spacial score (nSPS) is 16.9. The minimum Gasteiger partial charge on any atom is -0.340 e. The fourth-order valence-corrected chi connectivity index (χ4v) is 3.63. The average molecular weight is 343 g/mol. The number of anilines is 1. The predicted molar refractivity (Wildman–Crippen MR) is 96.0 cm³/mol. The second kappa shape index (κ2) is 7.49. The molecule has 126 valence electrons. The summed E-state index contributed by atoms with van der Waals surface area (Å²) in [6.07, 6.45) is 1.57. The first-order valence-electron chi connectivity index (χ1n) is 8.04. The number of nitrogens with one attached hydrogen (secondary N) is 1. The Bertz CT molecular complexity index is 688. The molecule has 3 rings (SSSR count). The van der Waals surface area contributed by atoms with Gasteiger partial charge in [-0.3, -0.25) is 4.79 Å². The van der Waals surface area contributed by atoms with E-state index in [2.05, 4.69) is 5.32 Å². The molecular formula is C18H21N3O2S. The van der Waals surface area contributed by atoms with Gasteiger partial charge in [0.25, 0.3) is 0 Å². The molecule has 3 amide bonds. The summed E-state index contributed by atoms with van der Waals surface area (Å²) in [5.41, 5.74) is 1.86. The van der Waals surface area contributed by atoms with Crippen LogP contribution in [0.5, 0.6) is 0 Å². The zero-order valence-electron chi connectivity index (χ0n) is 13.6. The van der Waals surface area contributed by atoms with Gasteiger partial charge in [-0.05, 0) is 47.4 Å². The van der Waals surface area contributed by atoms with E-state index in [9.17, 15) is 9.59 Å². The van der Waals surface area contributed by atoms with Gasteiger partial charge in [-0.25, -0.2) is 4.79 Å². The SMILES string of the molecule is CN(Cc1ccsc1)C(=O)C1CCCN1C(=O)Nc1ccccc1. The lowest BCUT2D eigenvalue weighted by Gasteiger charge is -2.28. The zero-order chi connectivity index (χ0) is 16.9. The maximum absolute atomic E-state index is 12.7. The van der Waals surface area contributed by atoms with Crippen LogP contribution in [0.25, 0.3) is 0 Å². The number of thiophene rings is 1. The summed E-state index contributed by atoms with van der Waals surface area (Å²) >= 11 is 1.62. The maximum Gasteiger partial charge on any atom is 0.322 e. The number of para-hydroxylation sites is 1. The molecule has 0 bridgehead atoms. The third-order valence-corrected chi connectivity index (χ3v) is 4.93. The second-order valence-electron chi connectivity index (χ2n) is 5.97. The molecular weight excluding hydrogens is 322 g/mol. The van der Waals surface area contributed by atoms with Crippen LogP contribution in [0.4, 0.5) is 10.5 Å². The van der Waals surface area contributed by atoms with Crippen molar-refractivity contribution < 1.29 is 9.59 Å². The Labute approximate surface area is 145 Å². The van der Waals surface area contributed by atoms with E-state index in [1.807, 2.05) is 47.2 Å². The number of likely N-dealkylation sites (tertiary alicyclic amines) is 1. The Kier molecular flexibility index (Phi) is 5.15. The quantitative estimate of drug-likeness (QED) is 0.925. The number of rotatable bonds is 4. The van der Waals surface area contributed by atoms with E-state index in [0.717, 1.165) is 24.1 Å². The highest BCUT2D eigenvalue weighted by atomic mass is 32.1. The summed E-state index contributed by atoms with van der Waals surface area (Å²) in [4.78, 5) is 28.6.